The van der Waals surface area contributed by atoms with E-state index in [4.69, 9.17) is 10.00 Å². The third-order valence-corrected chi connectivity index (χ3v) is 2.23. The molecular weight excluding hydrogens is 202 g/mol. The molecule has 0 amide bonds. The Bertz CT molecular complexity index is 596. The van der Waals surface area contributed by atoms with E-state index in [0.29, 0.717) is 11.3 Å². The Morgan fingerprint density at radius 3 is 2.81 bits per heavy atom. The first-order valence-electron chi connectivity index (χ1n) is 4.82. The molecule has 0 radical (unpaired) electrons. The molecule has 2 aromatic carbocycles. The van der Waals surface area contributed by atoms with Crippen molar-refractivity contribution in [2.45, 2.75) is 6.92 Å². The van der Waals surface area contributed by atoms with Gasteiger partial charge in [-0.05, 0) is 35.0 Å². The lowest BCUT2D eigenvalue weighted by Gasteiger charge is -2.04. The standard InChI is InChI=1S/C13H9NO2/c1-9(15)16-12-5-6-13-10(7-12)3-2-4-11(13)8-14/h2-7H,1H3. The number of ether oxygens (including phenoxy) is 1. The Morgan fingerprint density at radius 1 is 1.31 bits per heavy atom. The summed E-state index contributed by atoms with van der Waals surface area (Å²) in [7, 11) is 0. The Hall–Kier alpha value is -2.34. The van der Waals surface area contributed by atoms with Crippen LogP contribution in [0, 0.1) is 11.3 Å². The molecule has 0 N–H and O–H groups in total. The van der Waals surface area contributed by atoms with Crippen molar-refractivity contribution in [2.24, 2.45) is 0 Å². The summed E-state index contributed by atoms with van der Waals surface area (Å²) < 4.78 is 4.97. The predicted octanol–water partition coefficient (Wildman–Crippen LogP) is 2.64. The maximum atomic E-state index is 10.8. The molecule has 0 unspecified atom stereocenters. The SMILES string of the molecule is CC(=O)Oc1ccc2c(C#N)cccc2c1. The Balaban J connectivity index is 2.56. The van der Waals surface area contributed by atoms with E-state index in [2.05, 4.69) is 6.07 Å². The van der Waals surface area contributed by atoms with Crippen molar-refractivity contribution in [3.63, 3.8) is 0 Å². The summed E-state index contributed by atoms with van der Waals surface area (Å²) in [4.78, 5) is 10.8. The highest BCUT2D eigenvalue weighted by molar-refractivity contribution is 5.89. The van der Waals surface area contributed by atoms with E-state index >= 15 is 0 Å². The molecule has 0 fully saturated rings. The third-order valence-electron chi connectivity index (χ3n) is 2.23. The van der Waals surface area contributed by atoms with Crippen LogP contribution in [0.5, 0.6) is 5.75 Å². The van der Waals surface area contributed by atoms with Crippen molar-refractivity contribution in [3.05, 3.63) is 42.0 Å². The molecule has 0 heterocycles. The fraction of sp³-hybridized carbons (Fsp3) is 0.0769. The van der Waals surface area contributed by atoms with E-state index in [1.807, 2.05) is 6.07 Å². The van der Waals surface area contributed by atoms with Gasteiger partial charge in [0.05, 0.1) is 11.6 Å². The average Bonchev–Trinajstić information content (AvgIpc) is 2.27. The van der Waals surface area contributed by atoms with Crippen molar-refractivity contribution in [1.29, 1.82) is 5.26 Å². The topological polar surface area (TPSA) is 50.1 Å². The lowest BCUT2D eigenvalue weighted by atomic mass is 10.1. The van der Waals surface area contributed by atoms with Crippen LogP contribution < -0.4 is 4.74 Å². The van der Waals surface area contributed by atoms with Crippen molar-refractivity contribution in [3.8, 4) is 11.8 Å². The smallest absolute Gasteiger partial charge is 0.308 e. The van der Waals surface area contributed by atoms with Gasteiger partial charge in [0.25, 0.3) is 0 Å². The van der Waals surface area contributed by atoms with E-state index < -0.39 is 0 Å². The van der Waals surface area contributed by atoms with Crippen molar-refractivity contribution in [1.82, 2.24) is 0 Å². The van der Waals surface area contributed by atoms with E-state index in [1.165, 1.54) is 6.92 Å². The van der Waals surface area contributed by atoms with Crippen LogP contribution in [0.4, 0.5) is 0 Å². The van der Waals surface area contributed by atoms with Gasteiger partial charge in [0.1, 0.15) is 5.75 Å². The molecule has 16 heavy (non-hydrogen) atoms. The molecule has 2 aromatic rings. The summed E-state index contributed by atoms with van der Waals surface area (Å²) in [6.07, 6.45) is 0. The van der Waals surface area contributed by atoms with Crippen molar-refractivity contribution >= 4 is 16.7 Å². The van der Waals surface area contributed by atoms with Crippen molar-refractivity contribution < 1.29 is 9.53 Å². The Labute approximate surface area is 92.9 Å². The largest absolute Gasteiger partial charge is 0.427 e. The third kappa shape index (κ3) is 1.86. The van der Waals surface area contributed by atoms with Gasteiger partial charge in [-0.3, -0.25) is 4.79 Å². The molecule has 0 aliphatic rings. The van der Waals surface area contributed by atoms with Crippen LogP contribution in [0.2, 0.25) is 0 Å². The number of hydrogen-bond donors (Lipinski definition) is 0. The highest BCUT2D eigenvalue weighted by atomic mass is 16.5. The Kier molecular flexibility index (Phi) is 2.57. The Morgan fingerprint density at radius 2 is 2.12 bits per heavy atom. The van der Waals surface area contributed by atoms with E-state index in [9.17, 15) is 4.79 Å². The van der Waals surface area contributed by atoms with Crippen LogP contribution in [0.3, 0.4) is 0 Å². The molecule has 0 spiro atoms. The van der Waals surface area contributed by atoms with E-state index in [0.717, 1.165) is 10.8 Å². The number of nitrogens with zero attached hydrogens (tertiary/aromatic N) is 1. The highest BCUT2D eigenvalue weighted by Crippen LogP contribution is 2.23. The van der Waals surface area contributed by atoms with Gasteiger partial charge in [-0.15, -0.1) is 0 Å². The molecule has 0 saturated heterocycles. The molecule has 78 valence electrons. The molecule has 3 nitrogen and oxygen atoms in total. The van der Waals surface area contributed by atoms with Gasteiger partial charge in [0.15, 0.2) is 0 Å². The lowest BCUT2D eigenvalue weighted by Crippen LogP contribution is -2.00. The molecule has 0 aliphatic carbocycles. The molecule has 2 rings (SSSR count). The summed E-state index contributed by atoms with van der Waals surface area (Å²) in [6.45, 7) is 1.36. The summed E-state index contributed by atoms with van der Waals surface area (Å²) in [5, 5.41) is 10.7. The molecule has 0 saturated carbocycles. The summed E-state index contributed by atoms with van der Waals surface area (Å²) in [6, 6.07) is 12.8. The van der Waals surface area contributed by atoms with Crippen LogP contribution >= 0.6 is 0 Å². The van der Waals surface area contributed by atoms with Crippen LogP contribution in [-0.2, 0) is 4.79 Å². The quantitative estimate of drug-likeness (QED) is 0.538. The average molecular weight is 211 g/mol. The van der Waals surface area contributed by atoms with Crippen LogP contribution in [0.25, 0.3) is 10.8 Å². The summed E-state index contributed by atoms with van der Waals surface area (Å²) in [5.41, 5.74) is 0.617. The number of nitriles is 1. The zero-order valence-corrected chi connectivity index (χ0v) is 8.73. The minimum absolute atomic E-state index is 0.351. The monoisotopic (exact) mass is 211 g/mol. The number of hydrogen-bond acceptors (Lipinski definition) is 3. The van der Waals surface area contributed by atoms with Gasteiger partial charge in [-0.2, -0.15) is 5.26 Å². The molecular formula is C13H9NO2. The zero-order chi connectivity index (χ0) is 11.5. The lowest BCUT2D eigenvalue weighted by molar-refractivity contribution is -0.131. The molecule has 0 atom stereocenters. The number of carbonyl (C=O) groups excluding carboxylic acids is 1. The van der Waals surface area contributed by atoms with Gasteiger partial charge in [0.2, 0.25) is 0 Å². The van der Waals surface area contributed by atoms with Gasteiger partial charge in [0, 0.05) is 6.92 Å². The zero-order valence-electron chi connectivity index (χ0n) is 8.73. The van der Waals surface area contributed by atoms with Gasteiger partial charge in [-0.25, -0.2) is 0 Å². The number of esters is 1. The molecule has 0 aliphatic heterocycles. The minimum Gasteiger partial charge on any atom is -0.427 e. The first-order valence-corrected chi connectivity index (χ1v) is 4.82. The highest BCUT2D eigenvalue weighted by Gasteiger charge is 2.03. The first kappa shape index (κ1) is 10.2. The van der Waals surface area contributed by atoms with E-state index in [-0.39, 0.29) is 5.97 Å². The second kappa shape index (κ2) is 4.03. The molecule has 0 aromatic heterocycles. The molecule has 0 bridgehead atoms. The van der Waals surface area contributed by atoms with Gasteiger partial charge >= 0.3 is 5.97 Å². The van der Waals surface area contributed by atoms with Crippen molar-refractivity contribution in [2.75, 3.05) is 0 Å². The fourth-order valence-electron chi connectivity index (χ4n) is 1.59. The number of rotatable bonds is 1. The van der Waals surface area contributed by atoms with E-state index in [1.54, 1.807) is 30.3 Å². The maximum Gasteiger partial charge on any atom is 0.308 e. The minimum atomic E-state index is -0.351. The second-order valence-electron chi connectivity index (χ2n) is 3.39. The van der Waals surface area contributed by atoms with Crippen LogP contribution in [0.15, 0.2) is 36.4 Å². The predicted molar refractivity (Wildman–Crippen MR) is 60.0 cm³/mol. The number of benzene rings is 2. The normalized spacial score (nSPS) is 9.75. The van der Waals surface area contributed by atoms with Crippen LogP contribution in [-0.4, -0.2) is 5.97 Å². The first-order chi connectivity index (χ1) is 7.70. The number of carbonyl (C=O) groups is 1. The summed E-state index contributed by atoms with van der Waals surface area (Å²) >= 11 is 0. The maximum absolute atomic E-state index is 10.8. The van der Waals surface area contributed by atoms with Crippen LogP contribution in [0.1, 0.15) is 12.5 Å². The van der Waals surface area contributed by atoms with Gasteiger partial charge < -0.3 is 4.74 Å². The fourth-order valence-corrected chi connectivity index (χ4v) is 1.59. The molecule has 3 heteroatoms. The van der Waals surface area contributed by atoms with Gasteiger partial charge in [-0.1, -0.05) is 12.1 Å². The second-order valence-corrected chi connectivity index (χ2v) is 3.39. The summed E-state index contributed by atoms with van der Waals surface area (Å²) in [5.74, 6) is 0.144. The number of fused-ring (bicyclic) bond motifs is 1.